The number of aryl methyl sites for hydroxylation is 2. The van der Waals surface area contributed by atoms with Crippen LogP contribution in [0.15, 0.2) is 36.4 Å². The van der Waals surface area contributed by atoms with E-state index in [1.54, 1.807) is 25.3 Å². The molecule has 0 saturated carbocycles. The van der Waals surface area contributed by atoms with Crippen molar-refractivity contribution in [3.8, 4) is 5.75 Å². The predicted molar refractivity (Wildman–Crippen MR) is 78.0 cm³/mol. The Morgan fingerprint density at radius 1 is 1.05 bits per heavy atom. The van der Waals surface area contributed by atoms with E-state index >= 15 is 0 Å². The Balaban J connectivity index is 2.38. The minimum atomic E-state index is -0.724. The van der Waals surface area contributed by atoms with E-state index in [1.165, 1.54) is 5.56 Å². The quantitative estimate of drug-likeness (QED) is 0.916. The predicted octanol–water partition coefficient (Wildman–Crippen LogP) is 4.05. The summed E-state index contributed by atoms with van der Waals surface area (Å²) in [5, 5.41) is 10.9. The molecule has 19 heavy (non-hydrogen) atoms. The molecule has 0 radical (unpaired) electrons. The second-order valence-electron chi connectivity index (χ2n) is 4.63. The van der Waals surface area contributed by atoms with Crippen molar-refractivity contribution in [2.24, 2.45) is 0 Å². The van der Waals surface area contributed by atoms with Gasteiger partial charge in [-0.15, -0.1) is 0 Å². The van der Waals surface area contributed by atoms with Gasteiger partial charge in [-0.2, -0.15) is 0 Å². The van der Waals surface area contributed by atoms with Gasteiger partial charge in [0.25, 0.3) is 0 Å². The molecule has 1 unspecified atom stereocenters. The number of rotatable bonds is 3. The van der Waals surface area contributed by atoms with Gasteiger partial charge >= 0.3 is 0 Å². The molecule has 2 rings (SSSR count). The molecule has 0 bridgehead atoms. The van der Waals surface area contributed by atoms with Crippen molar-refractivity contribution >= 4 is 11.6 Å². The highest BCUT2D eigenvalue weighted by Crippen LogP contribution is 2.31. The van der Waals surface area contributed by atoms with E-state index in [1.807, 2.05) is 32.0 Å². The molecular weight excluding hydrogens is 260 g/mol. The number of halogens is 1. The van der Waals surface area contributed by atoms with Gasteiger partial charge in [-0.3, -0.25) is 0 Å². The summed E-state index contributed by atoms with van der Waals surface area (Å²) in [4.78, 5) is 0. The minimum Gasteiger partial charge on any atom is -0.497 e. The van der Waals surface area contributed by atoms with Crippen LogP contribution >= 0.6 is 11.6 Å². The van der Waals surface area contributed by atoms with Crippen molar-refractivity contribution in [2.45, 2.75) is 20.0 Å². The van der Waals surface area contributed by atoms with E-state index in [4.69, 9.17) is 16.3 Å². The largest absolute Gasteiger partial charge is 0.497 e. The van der Waals surface area contributed by atoms with E-state index in [-0.39, 0.29) is 0 Å². The molecule has 1 atom stereocenters. The summed E-state index contributed by atoms with van der Waals surface area (Å²) in [5.41, 5.74) is 3.89. The lowest BCUT2D eigenvalue weighted by atomic mass is 9.98. The Hall–Kier alpha value is -1.51. The van der Waals surface area contributed by atoms with Crippen molar-refractivity contribution in [2.75, 3.05) is 7.11 Å². The molecule has 1 N–H and O–H groups in total. The number of aliphatic hydroxyl groups excluding tert-OH is 1. The van der Waals surface area contributed by atoms with Crippen LogP contribution in [0.4, 0.5) is 0 Å². The van der Waals surface area contributed by atoms with Gasteiger partial charge in [-0.05, 0) is 42.7 Å². The number of hydrogen-bond acceptors (Lipinski definition) is 2. The first kappa shape index (κ1) is 13.9. The standard InChI is InChI=1S/C16H17ClO2/c1-10-4-5-12(8-11(10)2)16(18)14-7-6-13(19-3)9-15(14)17/h4-9,16,18H,1-3H3. The maximum atomic E-state index is 10.4. The van der Waals surface area contributed by atoms with Gasteiger partial charge in [0, 0.05) is 5.56 Å². The highest BCUT2D eigenvalue weighted by Gasteiger charge is 2.15. The van der Waals surface area contributed by atoms with Crippen LogP contribution in [0, 0.1) is 13.8 Å². The minimum absolute atomic E-state index is 0.505. The summed E-state index contributed by atoms with van der Waals surface area (Å²) in [6.07, 6.45) is -0.724. The van der Waals surface area contributed by atoms with Gasteiger partial charge in [0.05, 0.1) is 12.1 Å². The van der Waals surface area contributed by atoms with Gasteiger partial charge in [-0.1, -0.05) is 35.9 Å². The van der Waals surface area contributed by atoms with Crippen molar-refractivity contribution < 1.29 is 9.84 Å². The van der Waals surface area contributed by atoms with E-state index in [9.17, 15) is 5.11 Å². The molecule has 0 fully saturated rings. The summed E-state index contributed by atoms with van der Waals surface area (Å²) in [7, 11) is 1.59. The van der Waals surface area contributed by atoms with Crippen molar-refractivity contribution in [1.29, 1.82) is 0 Å². The number of methoxy groups -OCH3 is 1. The highest BCUT2D eigenvalue weighted by atomic mass is 35.5. The molecule has 2 aromatic rings. The Kier molecular flexibility index (Phi) is 4.13. The molecule has 100 valence electrons. The van der Waals surface area contributed by atoms with Crippen molar-refractivity contribution in [1.82, 2.24) is 0 Å². The van der Waals surface area contributed by atoms with Crippen LogP contribution in [0.2, 0.25) is 5.02 Å². The lowest BCUT2D eigenvalue weighted by molar-refractivity contribution is 0.220. The Morgan fingerprint density at radius 2 is 1.79 bits per heavy atom. The number of ether oxygens (including phenoxy) is 1. The summed E-state index contributed by atoms with van der Waals surface area (Å²) < 4.78 is 5.10. The molecule has 0 amide bonds. The smallest absolute Gasteiger partial charge is 0.120 e. The first-order chi connectivity index (χ1) is 9.02. The van der Waals surface area contributed by atoms with E-state index in [2.05, 4.69) is 0 Å². The lowest BCUT2D eigenvalue weighted by Gasteiger charge is -2.15. The van der Waals surface area contributed by atoms with Gasteiger partial charge in [-0.25, -0.2) is 0 Å². The first-order valence-corrected chi connectivity index (χ1v) is 6.49. The fourth-order valence-electron chi connectivity index (χ4n) is 1.97. The van der Waals surface area contributed by atoms with E-state index < -0.39 is 6.10 Å². The van der Waals surface area contributed by atoms with Gasteiger partial charge in [0.1, 0.15) is 11.9 Å². The molecule has 0 aliphatic rings. The molecule has 2 nitrogen and oxygen atoms in total. The second-order valence-corrected chi connectivity index (χ2v) is 5.04. The molecule has 0 spiro atoms. The molecule has 0 aliphatic heterocycles. The number of hydrogen-bond donors (Lipinski definition) is 1. The zero-order chi connectivity index (χ0) is 14.0. The van der Waals surface area contributed by atoms with Gasteiger partial charge in [0.2, 0.25) is 0 Å². The molecule has 0 aliphatic carbocycles. The number of benzene rings is 2. The number of aliphatic hydroxyl groups is 1. The Morgan fingerprint density at radius 3 is 2.37 bits per heavy atom. The highest BCUT2D eigenvalue weighted by molar-refractivity contribution is 6.31. The summed E-state index contributed by atoms with van der Waals surface area (Å²) >= 11 is 6.18. The SMILES string of the molecule is COc1ccc(C(O)c2ccc(C)c(C)c2)c(Cl)c1. The van der Waals surface area contributed by atoms with Crippen LogP contribution < -0.4 is 4.74 Å². The van der Waals surface area contributed by atoms with Crippen LogP contribution in [0.1, 0.15) is 28.4 Å². The first-order valence-electron chi connectivity index (χ1n) is 6.11. The monoisotopic (exact) mass is 276 g/mol. The normalized spacial score (nSPS) is 12.3. The van der Waals surface area contributed by atoms with Crippen LogP contribution in [0.3, 0.4) is 0 Å². The summed E-state index contributed by atoms with van der Waals surface area (Å²) in [5.74, 6) is 0.682. The fraction of sp³-hybridized carbons (Fsp3) is 0.250. The van der Waals surface area contributed by atoms with E-state index in [0.29, 0.717) is 16.3 Å². The molecule has 0 aromatic heterocycles. The molecule has 0 heterocycles. The summed E-state index contributed by atoms with van der Waals surface area (Å²) in [6.45, 7) is 4.08. The van der Waals surface area contributed by atoms with Crippen LogP contribution in [-0.2, 0) is 0 Å². The third kappa shape index (κ3) is 2.91. The van der Waals surface area contributed by atoms with Crippen LogP contribution in [0.5, 0.6) is 5.75 Å². The third-order valence-corrected chi connectivity index (χ3v) is 3.68. The topological polar surface area (TPSA) is 29.5 Å². The van der Waals surface area contributed by atoms with Gasteiger partial charge < -0.3 is 9.84 Å². The van der Waals surface area contributed by atoms with E-state index in [0.717, 1.165) is 11.1 Å². The summed E-state index contributed by atoms with van der Waals surface area (Å²) in [6, 6.07) is 11.2. The maximum Gasteiger partial charge on any atom is 0.120 e. The zero-order valence-corrected chi connectivity index (χ0v) is 12.0. The lowest BCUT2D eigenvalue weighted by Crippen LogP contribution is -2.01. The average molecular weight is 277 g/mol. The fourth-order valence-corrected chi connectivity index (χ4v) is 2.24. The van der Waals surface area contributed by atoms with Crippen molar-refractivity contribution in [3.05, 3.63) is 63.7 Å². The Labute approximate surface area is 118 Å². The van der Waals surface area contributed by atoms with Crippen molar-refractivity contribution in [3.63, 3.8) is 0 Å². The second kappa shape index (κ2) is 5.64. The zero-order valence-electron chi connectivity index (χ0n) is 11.3. The molecule has 2 aromatic carbocycles. The molecule has 0 saturated heterocycles. The molecule has 3 heteroatoms. The average Bonchev–Trinajstić information content (AvgIpc) is 2.41. The third-order valence-electron chi connectivity index (χ3n) is 3.35. The molecular formula is C16H17ClO2. The maximum absolute atomic E-state index is 10.4. The Bertz CT molecular complexity index is 593. The van der Waals surface area contributed by atoms with Crippen LogP contribution in [-0.4, -0.2) is 12.2 Å². The van der Waals surface area contributed by atoms with Crippen LogP contribution in [0.25, 0.3) is 0 Å². The van der Waals surface area contributed by atoms with Gasteiger partial charge in [0.15, 0.2) is 0 Å².